The zero-order valence-electron chi connectivity index (χ0n) is 18.5. The van der Waals surface area contributed by atoms with Gasteiger partial charge in [-0.25, -0.2) is 0 Å². The van der Waals surface area contributed by atoms with Crippen LogP contribution < -0.4 is 10.9 Å². The molecule has 0 radical (unpaired) electrons. The number of rotatable bonds is 8. The van der Waals surface area contributed by atoms with Crippen molar-refractivity contribution in [3.05, 3.63) is 70.5 Å². The quantitative estimate of drug-likeness (QED) is 0.413. The zero-order valence-corrected chi connectivity index (χ0v) is 19.3. The maximum Gasteiger partial charge on any atom is 0.262 e. The molecule has 4 rings (SSSR count). The summed E-state index contributed by atoms with van der Waals surface area (Å²) < 4.78 is 3.54. The van der Waals surface area contributed by atoms with Crippen molar-refractivity contribution in [1.29, 1.82) is 0 Å². The molecule has 1 amide bonds. The molecule has 4 aromatic rings. The molecule has 2 aromatic carbocycles. The fraction of sp³-hybridized carbons (Fsp3) is 0.333. The first-order chi connectivity index (χ1) is 15.5. The van der Waals surface area contributed by atoms with Crippen molar-refractivity contribution >= 4 is 34.3 Å². The van der Waals surface area contributed by atoms with Gasteiger partial charge in [-0.1, -0.05) is 68.1 Å². The lowest BCUT2D eigenvalue weighted by Gasteiger charge is -2.16. The Morgan fingerprint density at radius 3 is 2.53 bits per heavy atom. The van der Waals surface area contributed by atoms with Crippen LogP contribution in [0.4, 0.5) is 0 Å². The molecule has 0 bridgehead atoms. The minimum absolute atomic E-state index is 0.0549. The van der Waals surface area contributed by atoms with Crippen molar-refractivity contribution < 1.29 is 4.79 Å². The van der Waals surface area contributed by atoms with Crippen molar-refractivity contribution in [2.24, 2.45) is 0 Å². The van der Waals surface area contributed by atoms with Crippen LogP contribution in [0.2, 0.25) is 0 Å². The summed E-state index contributed by atoms with van der Waals surface area (Å²) in [6.45, 7) is 7.10. The molecule has 2 aromatic heterocycles. The van der Waals surface area contributed by atoms with Crippen molar-refractivity contribution in [3.63, 3.8) is 0 Å². The highest BCUT2D eigenvalue weighted by molar-refractivity contribution is 8.00. The van der Waals surface area contributed by atoms with Gasteiger partial charge in [0.05, 0.1) is 16.2 Å². The van der Waals surface area contributed by atoms with E-state index in [1.54, 1.807) is 4.57 Å². The molecule has 0 saturated carbocycles. The van der Waals surface area contributed by atoms with E-state index in [1.807, 2.05) is 60.7 Å². The maximum absolute atomic E-state index is 12.9. The molecular formula is C24H27N5O2S. The third-order valence-corrected chi connectivity index (χ3v) is 6.57. The van der Waals surface area contributed by atoms with Crippen molar-refractivity contribution in [1.82, 2.24) is 24.5 Å². The number of amides is 1. The minimum atomic E-state index is -0.365. The smallest absolute Gasteiger partial charge is 0.262 e. The number of para-hydroxylation sites is 1. The van der Waals surface area contributed by atoms with Crippen molar-refractivity contribution in [2.75, 3.05) is 6.54 Å². The predicted octanol–water partition coefficient (Wildman–Crippen LogP) is 3.85. The van der Waals surface area contributed by atoms with Gasteiger partial charge in [-0.15, -0.1) is 10.2 Å². The second-order valence-electron chi connectivity index (χ2n) is 7.91. The van der Waals surface area contributed by atoms with Gasteiger partial charge in [0.25, 0.3) is 5.56 Å². The van der Waals surface area contributed by atoms with E-state index in [1.165, 1.54) is 17.3 Å². The summed E-state index contributed by atoms with van der Waals surface area (Å²) in [6, 6.07) is 17.6. The standard InChI is InChI=1S/C24H27N5O2S/c1-4-14-28-22(31)19-12-8-9-13-20(19)29-23(28)26-27-24(29)32-17(3)21(30)25-15-16(2)18-10-6-5-7-11-18/h5-13,16-17H,4,14-15H2,1-3H3,(H,25,30). The van der Waals surface area contributed by atoms with Gasteiger partial charge in [-0.2, -0.15) is 0 Å². The summed E-state index contributed by atoms with van der Waals surface area (Å²) in [5.74, 6) is 0.669. The van der Waals surface area contributed by atoms with Crippen LogP contribution in [0.25, 0.3) is 16.7 Å². The van der Waals surface area contributed by atoms with Crippen LogP contribution in [-0.2, 0) is 11.3 Å². The van der Waals surface area contributed by atoms with Crippen LogP contribution in [0.1, 0.15) is 38.7 Å². The monoisotopic (exact) mass is 449 g/mol. The van der Waals surface area contributed by atoms with E-state index < -0.39 is 0 Å². The lowest BCUT2D eigenvalue weighted by Crippen LogP contribution is -2.33. The number of aromatic nitrogens is 4. The van der Waals surface area contributed by atoms with Crippen LogP contribution in [0.5, 0.6) is 0 Å². The maximum atomic E-state index is 12.9. The number of benzene rings is 2. The van der Waals surface area contributed by atoms with Gasteiger partial charge in [-0.3, -0.25) is 18.6 Å². The van der Waals surface area contributed by atoms with Gasteiger partial charge >= 0.3 is 0 Å². The zero-order chi connectivity index (χ0) is 22.7. The number of nitrogens with zero attached hydrogens (tertiary/aromatic N) is 4. The van der Waals surface area contributed by atoms with E-state index in [9.17, 15) is 9.59 Å². The summed E-state index contributed by atoms with van der Waals surface area (Å²) in [4.78, 5) is 25.7. The molecule has 8 heteroatoms. The largest absolute Gasteiger partial charge is 0.355 e. The molecule has 0 aliphatic rings. The number of hydrogen-bond acceptors (Lipinski definition) is 5. The molecule has 0 aliphatic carbocycles. The summed E-state index contributed by atoms with van der Waals surface area (Å²) in [5, 5.41) is 12.5. The van der Waals surface area contributed by atoms with E-state index in [4.69, 9.17) is 0 Å². The first kappa shape index (κ1) is 22.1. The Hall–Kier alpha value is -3.13. The van der Waals surface area contributed by atoms with Crippen LogP contribution in [0, 0.1) is 0 Å². The summed E-state index contributed by atoms with van der Waals surface area (Å²) in [7, 11) is 0. The average molecular weight is 450 g/mol. The predicted molar refractivity (Wildman–Crippen MR) is 128 cm³/mol. The Bertz CT molecular complexity index is 1300. The Balaban J connectivity index is 1.57. The van der Waals surface area contributed by atoms with Crippen LogP contribution >= 0.6 is 11.8 Å². The molecule has 1 N–H and O–H groups in total. The number of fused-ring (bicyclic) bond motifs is 3. The van der Waals surface area contributed by atoms with E-state index in [-0.39, 0.29) is 22.6 Å². The first-order valence-electron chi connectivity index (χ1n) is 10.9. The SMILES string of the molecule is CCCn1c(=O)c2ccccc2n2c(SC(C)C(=O)NCC(C)c3ccccc3)nnc12. The lowest BCUT2D eigenvalue weighted by molar-refractivity contribution is -0.120. The molecule has 0 fully saturated rings. The second kappa shape index (κ2) is 9.56. The van der Waals surface area contributed by atoms with Gasteiger partial charge in [-0.05, 0) is 37.0 Å². The summed E-state index contributed by atoms with van der Waals surface area (Å²) in [6.07, 6.45) is 0.807. The highest BCUT2D eigenvalue weighted by Crippen LogP contribution is 2.25. The molecule has 7 nitrogen and oxygen atoms in total. The average Bonchev–Trinajstić information content (AvgIpc) is 3.24. The highest BCUT2D eigenvalue weighted by Gasteiger charge is 2.21. The second-order valence-corrected chi connectivity index (χ2v) is 9.22. The van der Waals surface area contributed by atoms with Gasteiger partial charge in [0.15, 0.2) is 5.16 Å². The number of hydrogen-bond donors (Lipinski definition) is 1. The van der Waals surface area contributed by atoms with Crippen LogP contribution in [0.15, 0.2) is 64.5 Å². The van der Waals surface area contributed by atoms with Crippen LogP contribution in [0.3, 0.4) is 0 Å². The van der Waals surface area contributed by atoms with E-state index in [2.05, 4.69) is 34.6 Å². The molecule has 2 unspecified atom stereocenters. The van der Waals surface area contributed by atoms with Gasteiger partial charge in [0.2, 0.25) is 11.7 Å². The molecule has 2 heterocycles. The fourth-order valence-electron chi connectivity index (χ4n) is 3.74. The van der Waals surface area contributed by atoms with E-state index in [0.717, 1.165) is 11.9 Å². The number of aryl methyl sites for hydroxylation is 1. The summed E-state index contributed by atoms with van der Waals surface area (Å²) >= 11 is 1.34. The van der Waals surface area contributed by atoms with Crippen molar-refractivity contribution in [3.8, 4) is 0 Å². The van der Waals surface area contributed by atoms with Crippen LogP contribution in [-0.4, -0.2) is 36.9 Å². The number of carbonyl (C=O) groups is 1. The lowest BCUT2D eigenvalue weighted by atomic mass is 10.0. The number of thioether (sulfide) groups is 1. The van der Waals surface area contributed by atoms with E-state index in [0.29, 0.717) is 29.4 Å². The molecule has 0 aliphatic heterocycles. The Morgan fingerprint density at radius 2 is 1.78 bits per heavy atom. The summed E-state index contributed by atoms with van der Waals surface area (Å²) in [5.41, 5.74) is 1.87. The topological polar surface area (TPSA) is 81.3 Å². The Labute approximate surface area is 190 Å². The first-order valence-corrected chi connectivity index (χ1v) is 11.7. The third kappa shape index (κ3) is 4.27. The van der Waals surface area contributed by atoms with Gasteiger partial charge in [0.1, 0.15) is 0 Å². The van der Waals surface area contributed by atoms with Gasteiger partial charge in [0, 0.05) is 13.1 Å². The Morgan fingerprint density at radius 1 is 1.06 bits per heavy atom. The van der Waals surface area contributed by atoms with Gasteiger partial charge < -0.3 is 5.32 Å². The minimum Gasteiger partial charge on any atom is -0.355 e. The van der Waals surface area contributed by atoms with Crippen molar-refractivity contribution in [2.45, 2.75) is 50.1 Å². The fourth-order valence-corrected chi connectivity index (χ4v) is 4.62. The molecular weight excluding hydrogens is 422 g/mol. The molecule has 32 heavy (non-hydrogen) atoms. The number of carbonyl (C=O) groups excluding carboxylic acids is 1. The molecule has 166 valence electrons. The number of nitrogens with one attached hydrogen (secondary N) is 1. The normalized spacial score (nSPS) is 13.3. The highest BCUT2D eigenvalue weighted by atomic mass is 32.2. The Kier molecular flexibility index (Phi) is 6.60. The van der Waals surface area contributed by atoms with E-state index >= 15 is 0 Å². The molecule has 0 spiro atoms. The third-order valence-electron chi connectivity index (χ3n) is 5.53. The molecule has 2 atom stereocenters. The molecule has 0 saturated heterocycles.